The van der Waals surface area contributed by atoms with Crippen molar-refractivity contribution in [3.05, 3.63) is 35.9 Å². The van der Waals surface area contributed by atoms with Crippen molar-refractivity contribution in [2.24, 2.45) is 11.3 Å². The van der Waals surface area contributed by atoms with E-state index in [2.05, 4.69) is 30.9 Å². The third-order valence-electron chi connectivity index (χ3n) is 5.12. The first-order valence-corrected chi connectivity index (χ1v) is 8.45. The minimum atomic E-state index is 0.0300. The Morgan fingerprint density at radius 1 is 1.36 bits per heavy atom. The topological polar surface area (TPSA) is 29.5 Å². The summed E-state index contributed by atoms with van der Waals surface area (Å²) in [6.45, 7) is 8.26. The first-order chi connectivity index (χ1) is 10.5. The fraction of sp³-hybridized carbons (Fsp3) is 0.632. The minimum Gasteiger partial charge on any atom is -0.376 e. The summed E-state index contributed by atoms with van der Waals surface area (Å²) in [5, 5.41) is 0. The molecule has 1 aromatic carbocycles. The molecular weight excluding hydrogens is 274 g/mol. The van der Waals surface area contributed by atoms with E-state index in [1.165, 1.54) is 5.56 Å². The number of carbonyl (C=O) groups excluding carboxylic acids is 1. The van der Waals surface area contributed by atoms with Gasteiger partial charge in [0, 0.05) is 24.5 Å². The van der Waals surface area contributed by atoms with Crippen molar-refractivity contribution >= 4 is 5.91 Å². The summed E-state index contributed by atoms with van der Waals surface area (Å²) >= 11 is 0. The van der Waals surface area contributed by atoms with Crippen molar-refractivity contribution in [3.8, 4) is 0 Å². The van der Waals surface area contributed by atoms with Gasteiger partial charge in [-0.15, -0.1) is 0 Å². The molecule has 3 rings (SSSR count). The molecule has 0 N–H and O–H groups in total. The number of nitrogens with zero attached hydrogens (tertiary/aromatic N) is 1. The third-order valence-corrected chi connectivity index (χ3v) is 5.12. The minimum absolute atomic E-state index is 0.0300. The van der Waals surface area contributed by atoms with Gasteiger partial charge in [0.25, 0.3) is 0 Å². The van der Waals surface area contributed by atoms with Gasteiger partial charge in [0.1, 0.15) is 0 Å². The molecule has 2 heterocycles. The number of hydrogen-bond acceptors (Lipinski definition) is 2. The quantitative estimate of drug-likeness (QED) is 0.854. The van der Waals surface area contributed by atoms with Crippen molar-refractivity contribution < 1.29 is 9.53 Å². The molecule has 1 amide bonds. The zero-order valence-electron chi connectivity index (χ0n) is 13.9. The molecule has 2 saturated heterocycles. The SMILES string of the molecule is C[C@H](Cc1ccccc1)C(=O)N1CC(C)(C)C1C1CCCO1. The highest BCUT2D eigenvalue weighted by atomic mass is 16.5. The molecular formula is C19H27NO2. The van der Waals surface area contributed by atoms with Crippen LogP contribution in [0.2, 0.25) is 0 Å². The van der Waals surface area contributed by atoms with Gasteiger partial charge in [-0.05, 0) is 24.8 Å². The molecule has 3 nitrogen and oxygen atoms in total. The van der Waals surface area contributed by atoms with Crippen LogP contribution >= 0.6 is 0 Å². The average molecular weight is 301 g/mol. The third kappa shape index (κ3) is 2.91. The first kappa shape index (κ1) is 15.5. The van der Waals surface area contributed by atoms with Crippen molar-refractivity contribution in [3.63, 3.8) is 0 Å². The van der Waals surface area contributed by atoms with Crippen molar-refractivity contribution in [2.75, 3.05) is 13.2 Å². The summed E-state index contributed by atoms with van der Waals surface area (Å²) in [6.07, 6.45) is 3.26. The van der Waals surface area contributed by atoms with Crippen LogP contribution < -0.4 is 0 Å². The molecule has 2 aliphatic heterocycles. The highest BCUT2D eigenvalue weighted by Crippen LogP contribution is 2.43. The van der Waals surface area contributed by atoms with Gasteiger partial charge in [-0.2, -0.15) is 0 Å². The highest BCUT2D eigenvalue weighted by molar-refractivity contribution is 5.80. The average Bonchev–Trinajstić information content (AvgIpc) is 2.98. The molecule has 0 radical (unpaired) electrons. The van der Waals surface area contributed by atoms with E-state index >= 15 is 0 Å². The van der Waals surface area contributed by atoms with Gasteiger partial charge >= 0.3 is 0 Å². The van der Waals surface area contributed by atoms with E-state index in [9.17, 15) is 4.79 Å². The molecule has 1 aromatic rings. The van der Waals surface area contributed by atoms with Crippen LogP contribution in [0.4, 0.5) is 0 Å². The van der Waals surface area contributed by atoms with Gasteiger partial charge in [-0.3, -0.25) is 4.79 Å². The van der Waals surface area contributed by atoms with Crippen molar-refractivity contribution in [1.29, 1.82) is 0 Å². The van der Waals surface area contributed by atoms with E-state index in [-0.39, 0.29) is 29.4 Å². The molecule has 120 valence electrons. The van der Waals surface area contributed by atoms with Crippen LogP contribution in [0, 0.1) is 11.3 Å². The molecule has 0 aromatic heterocycles. The number of hydrogen-bond donors (Lipinski definition) is 0. The zero-order valence-corrected chi connectivity index (χ0v) is 13.9. The van der Waals surface area contributed by atoms with E-state index in [1.54, 1.807) is 0 Å². The smallest absolute Gasteiger partial charge is 0.226 e. The number of ether oxygens (including phenoxy) is 1. The molecule has 2 unspecified atom stereocenters. The maximum absolute atomic E-state index is 12.9. The lowest BCUT2D eigenvalue weighted by Crippen LogP contribution is -2.68. The first-order valence-electron chi connectivity index (χ1n) is 8.45. The maximum atomic E-state index is 12.9. The number of benzene rings is 1. The summed E-state index contributed by atoms with van der Waals surface area (Å²) in [5.74, 6) is 0.311. The Morgan fingerprint density at radius 3 is 2.68 bits per heavy atom. The lowest BCUT2D eigenvalue weighted by Gasteiger charge is -2.57. The fourth-order valence-corrected chi connectivity index (χ4v) is 4.05. The van der Waals surface area contributed by atoms with Gasteiger partial charge in [0.05, 0.1) is 12.1 Å². The molecule has 2 aliphatic rings. The Kier molecular flexibility index (Phi) is 4.26. The molecule has 2 fully saturated rings. The van der Waals surface area contributed by atoms with Gasteiger partial charge < -0.3 is 9.64 Å². The van der Waals surface area contributed by atoms with Gasteiger partial charge in [-0.25, -0.2) is 0 Å². The standard InChI is InChI=1S/C19H27NO2/c1-14(12-15-8-5-4-6-9-15)18(21)20-13-19(2,3)17(20)16-10-7-11-22-16/h4-6,8-9,14,16-17H,7,10-13H2,1-3H3/t14-,16?,17?/m1/s1. The van der Waals surface area contributed by atoms with Crippen LogP contribution in [0.3, 0.4) is 0 Å². The summed E-state index contributed by atoms with van der Waals surface area (Å²) in [6, 6.07) is 10.5. The van der Waals surface area contributed by atoms with E-state index in [0.29, 0.717) is 0 Å². The van der Waals surface area contributed by atoms with Crippen LogP contribution in [-0.4, -0.2) is 36.1 Å². The van der Waals surface area contributed by atoms with Crippen molar-refractivity contribution in [1.82, 2.24) is 4.90 Å². The predicted molar refractivity (Wildman–Crippen MR) is 87.6 cm³/mol. The Bertz CT molecular complexity index is 519. The van der Waals surface area contributed by atoms with Crippen LogP contribution in [0.5, 0.6) is 0 Å². The van der Waals surface area contributed by atoms with E-state index in [1.807, 2.05) is 25.1 Å². The maximum Gasteiger partial charge on any atom is 0.226 e. The Balaban J connectivity index is 1.66. The predicted octanol–water partition coefficient (Wildman–Crippen LogP) is 3.28. The second-order valence-electron chi connectivity index (χ2n) is 7.54. The normalized spacial score (nSPS) is 28.2. The molecule has 0 spiro atoms. The largest absolute Gasteiger partial charge is 0.376 e. The van der Waals surface area contributed by atoms with E-state index < -0.39 is 0 Å². The summed E-state index contributed by atoms with van der Waals surface area (Å²) < 4.78 is 5.88. The second kappa shape index (κ2) is 6.04. The fourth-order valence-electron chi connectivity index (χ4n) is 4.05. The van der Waals surface area contributed by atoms with E-state index in [4.69, 9.17) is 4.74 Å². The summed E-state index contributed by atoms with van der Waals surface area (Å²) in [5.41, 5.74) is 1.41. The number of likely N-dealkylation sites (tertiary alicyclic amines) is 1. The Morgan fingerprint density at radius 2 is 2.09 bits per heavy atom. The van der Waals surface area contributed by atoms with Crippen LogP contribution in [0.25, 0.3) is 0 Å². The Labute approximate surface area is 133 Å². The Hall–Kier alpha value is -1.35. The molecule has 3 heteroatoms. The van der Waals surface area contributed by atoms with E-state index in [0.717, 1.165) is 32.4 Å². The summed E-state index contributed by atoms with van der Waals surface area (Å²) in [7, 11) is 0. The van der Waals surface area contributed by atoms with Crippen LogP contribution in [-0.2, 0) is 16.0 Å². The molecule has 0 bridgehead atoms. The van der Waals surface area contributed by atoms with Gasteiger partial charge in [-0.1, -0.05) is 51.1 Å². The zero-order chi connectivity index (χ0) is 15.7. The lowest BCUT2D eigenvalue weighted by atomic mass is 9.71. The van der Waals surface area contributed by atoms with Crippen molar-refractivity contribution in [2.45, 2.75) is 52.2 Å². The number of amides is 1. The van der Waals surface area contributed by atoms with Crippen LogP contribution in [0.1, 0.15) is 39.2 Å². The molecule has 0 saturated carbocycles. The molecule has 22 heavy (non-hydrogen) atoms. The number of carbonyl (C=O) groups is 1. The molecule has 0 aliphatic carbocycles. The number of rotatable bonds is 4. The summed E-state index contributed by atoms with van der Waals surface area (Å²) in [4.78, 5) is 14.9. The van der Waals surface area contributed by atoms with Gasteiger partial charge in [0.15, 0.2) is 0 Å². The highest BCUT2D eigenvalue weighted by Gasteiger charge is 2.53. The molecule has 3 atom stereocenters. The van der Waals surface area contributed by atoms with Crippen LogP contribution in [0.15, 0.2) is 30.3 Å². The monoisotopic (exact) mass is 301 g/mol. The van der Waals surface area contributed by atoms with Gasteiger partial charge in [0.2, 0.25) is 5.91 Å². The second-order valence-corrected chi connectivity index (χ2v) is 7.54. The lowest BCUT2D eigenvalue weighted by molar-refractivity contribution is -0.168.